The maximum Gasteiger partial charge on any atom is 0.329 e. The summed E-state index contributed by atoms with van der Waals surface area (Å²) in [6.45, 7) is 6.35. The summed E-state index contributed by atoms with van der Waals surface area (Å²) >= 11 is 3.54. The molecular weight excluding hydrogens is 442 g/mol. The Morgan fingerprint density at radius 2 is 1.73 bits per heavy atom. The van der Waals surface area contributed by atoms with Gasteiger partial charge in [-0.05, 0) is 67.8 Å². The molecule has 0 atom stereocenters. The highest BCUT2D eigenvalue weighted by Gasteiger charge is 2.33. The van der Waals surface area contributed by atoms with Gasteiger partial charge in [0.15, 0.2) is 0 Å². The number of imide groups is 1. The van der Waals surface area contributed by atoms with E-state index in [-0.39, 0.29) is 12.5 Å². The van der Waals surface area contributed by atoms with E-state index in [1.54, 1.807) is 6.08 Å². The fourth-order valence-corrected chi connectivity index (χ4v) is 3.98. The van der Waals surface area contributed by atoms with Crippen molar-refractivity contribution in [2.24, 2.45) is 0 Å². The molecule has 0 spiro atoms. The van der Waals surface area contributed by atoms with Gasteiger partial charge in [-0.2, -0.15) is 0 Å². The van der Waals surface area contributed by atoms with Gasteiger partial charge in [0.2, 0.25) is 0 Å². The van der Waals surface area contributed by atoms with E-state index < -0.39 is 6.03 Å². The van der Waals surface area contributed by atoms with Crippen LogP contribution in [0.4, 0.5) is 4.79 Å². The molecule has 0 unspecified atom stereocenters. The summed E-state index contributed by atoms with van der Waals surface area (Å²) in [4.78, 5) is 26.5. The number of hydrogen-bond donors (Lipinski definition) is 1. The number of aromatic nitrogens is 1. The first-order valence-corrected chi connectivity index (χ1v) is 10.5. The van der Waals surface area contributed by atoms with Crippen molar-refractivity contribution < 1.29 is 9.59 Å². The van der Waals surface area contributed by atoms with Gasteiger partial charge in [-0.25, -0.2) is 4.79 Å². The Morgan fingerprint density at radius 1 is 1.00 bits per heavy atom. The molecule has 1 aromatic heterocycles. The van der Waals surface area contributed by atoms with Crippen LogP contribution in [0.1, 0.15) is 28.1 Å². The molecule has 4 rings (SSSR count). The summed E-state index contributed by atoms with van der Waals surface area (Å²) in [7, 11) is 0. The normalized spacial score (nSPS) is 15.2. The Hall–Kier alpha value is -3.12. The predicted octanol–water partition coefficient (Wildman–Crippen LogP) is 5.26. The quantitative estimate of drug-likeness (QED) is 0.423. The van der Waals surface area contributed by atoms with E-state index in [1.807, 2.05) is 56.3 Å². The van der Waals surface area contributed by atoms with Crippen molar-refractivity contribution in [1.82, 2.24) is 14.8 Å². The summed E-state index contributed by atoms with van der Waals surface area (Å²) < 4.78 is 3.21. The Balaban J connectivity index is 1.64. The van der Waals surface area contributed by atoms with Crippen molar-refractivity contribution in [2.75, 3.05) is 0 Å². The van der Waals surface area contributed by atoms with E-state index in [4.69, 9.17) is 0 Å². The molecule has 1 saturated heterocycles. The maximum atomic E-state index is 12.8. The average molecular weight is 464 g/mol. The van der Waals surface area contributed by atoms with E-state index >= 15 is 0 Å². The van der Waals surface area contributed by atoms with Gasteiger partial charge in [-0.3, -0.25) is 9.69 Å². The van der Waals surface area contributed by atoms with E-state index in [2.05, 4.69) is 44.9 Å². The molecule has 1 fully saturated rings. The molecule has 1 aliphatic rings. The highest BCUT2D eigenvalue weighted by Crippen LogP contribution is 2.26. The van der Waals surface area contributed by atoms with E-state index in [0.29, 0.717) is 5.70 Å². The second-order valence-corrected chi connectivity index (χ2v) is 8.31. The summed E-state index contributed by atoms with van der Waals surface area (Å²) in [5.74, 6) is -0.312. The van der Waals surface area contributed by atoms with Gasteiger partial charge in [-0.1, -0.05) is 46.3 Å². The van der Waals surface area contributed by atoms with E-state index in [9.17, 15) is 9.59 Å². The number of halogens is 1. The molecule has 3 aromatic rings. The number of carbonyl (C=O) groups is 2. The maximum absolute atomic E-state index is 12.8. The Morgan fingerprint density at radius 3 is 2.43 bits per heavy atom. The topological polar surface area (TPSA) is 54.3 Å². The Labute approximate surface area is 184 Å². The molecule has 0 bridgehead atoms. The smallest absolute Gasteiger partial charge is 0.318 e. The lowest BCUT2D eigenvalue weighted by Gasteiger charge is -2.11. The van der Waals surface area contributed by atoms with Crippen LogP contribution in [-0.4, -0.2) is 21.4 Å². The van der Waals surface area contributed by atoms with Gasteiger partial charge in [-0.15, -0.1) is 0 Å². The number of aryl methyl sites for hydroxylation is 2. The first kappa shape index (κ1) is 20.2. The van der Waals surface area contributed by atoms with Crippen LogP contribution in [0.5, 0.6) is 0 Å². The fourth-order valence-electron chi connectivity index (χ4n) is 3.74. The van der Waals surface area contributed by atoms with E-state index in [0.717, 1.165) is 38.2 Å². The second-order valence-electron chi connectivity index (χ2n) is 7.46. The van der Waals surface area contributed by atoms with Gasteiger partial charge in [0, 0.05) is 21.5 Å². The third kappa shape index (κ3) is 3.71. The standard InChI is InChI=1S/C24H22BrN3O2/c1-15-11-20(9-10-21(15)25)28-16(2)12-19(17(28)3)13-22-23(29)27(24(30)26-22)14-18-7-5-4-6-8-18/h4-13H,14H2,1-3H3,(H,26,30)/b22-13+. The molecule has 1 aliphatic heterocycles. The monoisotopic (exact) mass is 463 g/mol. The van der Waals surface area contributed by atoms with Crippen LogP contribution in [-0.2, 0) is 11.3 Å². The number of rotatable bonds is 4. The number of nitrogens with one attached hydrogen (secondary N) is 1. The van der Waals surface area contributed by atoms with Crippen LogP contribution < -0.4 is 5.32 Å². The number of hydrogen-bond acceptors (Lipinski definition) is 2. The van der Waals surface area contributed by atoms with Crippen molar-refractivity contribution in [3.8, 4) is 5.69 Å². The van der Waals surface area contributed by atoms with Crippen molar-refractivity contribution >= 4 is 33.9 Å². The second kappa shape index (κ2) is 7.95. The largest absolute Gasteiger partial charge is 0.329 e. The zero-order chi connectivity index (χ0) is 21.4. The highest BCUT2D eigenvalue weighted by atomic mass is 79.9. The Kier molecular flexibility index (Phi) is 5.35. The molecule has 6 heteroatoms. The minimum absolute atomic E-state index is 0.250. The van der Waals surface area contributed by atoms with Gasteiger partial charge < -0.3 is 9.88 Å². The van der Waals surface area contributed by atoms with Crippen molar-refractivity contribution in [3.05, 3.63) is 92.8 Å². The van der Waals surface area contributed by atoms with Gasteiger partial charge in [0.25, 0.3) is 5.91 Å². The number of amides is 3. The summed E-state index contributed by atoms with van der Waals surface area (Å²) in [5, 5.41) is 2.72. The lowest BCUT2D eigenvalue weighted by molar-refractivity contribution is -0.123. The number of benzene rings is 2. The number of nitrogens with zero attached hydrogens (tertiary/aromatic N) is 2. The molecule has 0 saturated carbocycles. The zero-order valence-electron chi connectivity index (χ0n) is 17.1. The SMILES string of the molecule is Cc1cc(-n2c(C)cc(/C=C3/NC(=O)N(Cc4ccccc4)C3=O)c2C)ccc1Br. The van der Waals surface area contributed by atoms with Gasteiger partial charge in [0.1, 0.15) is 5.70 Å². The van der Waals surface area contributed by atoms with Crippen molar-refractivity contribution in [2.45, 2.75) is 27.3 Å². The van der Waals surface area contributed by atoms with Crippen molar-refractivity contribution in [1.29, 1.82) is 0 Å². The predicted molar refractivity (Wildman–Crippen MR) is 121 cm³/mol. The molecule has 1 N–H and O–H groups in total. The molecule has 0 aliphatic carbocycles. The minimum Gasteiger partial charge on any atom is -0.318 e. The highest BCUT2D eigenvalue weighted by molar-refractivity contribution is 9.10. The number of urea groups is 1. The van der Waals surface area contributed by atoms with Crippen LogP contribution in [0.3, 0.4) is 0 Å². The molecule has 30 heavy (non-hydrogen) atoms. The van der Waals surface area contributed by atoms with Gasteiger partial charge >= 0.3 is 6.03 Å². The van der Waals surface area contributed by atoms with E-state index in [1.165, 1.54) is 4.90 Å². The third-order valence-corrected chi connectivity index (χ3v) is 6.21. The molecule has 0 radical (unpaired) electrons. The summed E-state index contributed by atoms with van der Waals surface area (Å²) in [5.41, 5.74) is 6.37. The van der Waals surface area contributed by atoms with Crippen LogP contribution in [0.15, 0.2) is 64.8 Å². The molecular formula is C24H22BrN3O2. The molecule has 2 aromatic carbocycles. The number of carbonyl (C=O) groups excluding carboxylic acids is 2. The molecule has 3 amide bonds. The minimum atomic E-state index is -0.396. The Bertz CT molecular complexity index is 1180. The molecule has 5 nitrogen and oxygen atoms in total. The lowest BCUT2D eigenvalue weighted by Crippen LogP contribution is -2.30. The molecule has 152 valence electrons. The van der Waals surface area contributed by atoms with Gasteiger partial charge in [0.05, 0.1) is 6.54 Å². The first-order chi connectivity index (χ1) is 14.3. The summed E-state index contributed by atoms with van der Waals surface area (Å²) in [6.07, 6.45) is 1.76. The summed E-state index contributed by atoms with van der Waals surface area (Å²) in [6, 6.07) is 17.3. The zero-order valence-corrected chi connectivity index (χ0v) is 18.7. The van der Waals surface area contributed by atoms with Crippen LogP contribution in [0.2, 0.25) is 0 Å². The van der Waals surface area contributed by atoms with Crippen LogP contribution in [0, 0.1) is 20.8 Å². The fraction of sp³-hybridized carbons (Fsp3) is 0.167. The first-order valence-electron chi connectivity index (χ1n) is 9.69. The van der Waals surface area contributed by atoms with Crippen LogP contribution in [0.25, 0.3) is 11.8 Å². The molecule has 2 heterocycles. The average Bonchev–Trinajstić information content (AvgIpc) is 3.15. The van der Waals surface area contributed by atoms with Crippen molar-refractivity contribution in [3.63, 3.8) is 0 Å². The third-order valence-electron chi connectivity index (χ3n) is 5.32. The van der Waals surface area contributed by atoms with Crippen LogP contribution >= 0.6 is 15.9 Å². The lowest BCUT2D eigenvalue weighted by atomic mass is 10.2.